The van der Waals surface area contributed by atoms with Crippen molar-refractivity contribution in [3.8, 4) is 0 Å². The third kappa shape index (κ3) is 12.4. The Labute approximate surface area is 163 Å². The number of allylic oxidation sites excluding steroid dienone is 9. The zero-order valence-electron chi connectivity index (χ0n) is 14.0. The van der Waals surface area contributed by atoms with Gasteiger partial charge < -0.3 is 30.9 Å². The van der Waals surface area contributed by atoms with Gasteiger partial charge in [-0.15, -0.1) is 6.92 Å². The molecule has 0 aromatic heterocycles. The van der Waals surface area contributed by atoms with Gasteiger partial charge in [0.15, 0.2) is 0 Å². The van der Waals surface area contributed by atoms with Gasteiger partial charge in [-0.05, 0) is 13.3 Å². The second-order valence-electron chi connectivity index (χ2n) is 4.80. The Balaban J connectivity index is -0.000000107. The molecule has 0 spiro atoms. The molecule has 0 fully saturated rings. The van der Waals surface area contributed by atoms with E-state index < -0.39 is 0 Å². The molecule has 0 saturated carbocycles. The zero-order valence-corrected chi connectivity index (χ0v) is 17.9. The van der Waals surface area contributed by atoms with Crippen molar-refractivity contribution in [3.05, 3.63) is 59.3 Å². The van der Waals surface area contributed by atoms with E-state index in [2.05, 4.69) is 71.6 Å². The Kier molecular flexibility index (Phi) is 23.0. The summed E-state index contributed by atoms with van der Waals surface area (Å²) in [6.07, 6.45) is 13.4. The van der Waals surface area contributed by atoms with E-state index in [1.165, 1.54) is 28.7 Å². The first kappa shape index (κ1) is 29.2. The minimum Gasteiger partial charge on any atom is -1.00 e. The van der Waals surface area contributed by atoms with Crippen molar-refractivity contribution in [2.45, 2.75) is 48.0 Å². The van der Waals surface area contributed by atoms with Gasteiger partial charge in [-0.2, -0.15) is 18.1 Å². The Bertz CT molecular complexity index is 401. The molecular formula is C18H26Cl2Zr-2. The third-order valence-corrected chi connectivity index (χ3v) is 3.19. The zero-order chi connectivity index (χ0) is 14.1. The van der Waals surface area contributed by atoms with Crippen LogP contribution in [0.3, 0.4) is 0 Å². The molecule has 2 aliphatic rings. The Hall–Kier alpha value is 0.163. The van der Waals surface area contributed by atoms with Crippen LogP contribution in [0.4, 0.5) is 0 Å². The molecule has 2 aliphatic carbocycles. The summed E-state index contributed by atoms with van der Waals surface area (Å²) < 4.78 is 0. The normalized spacial score (nSPS) is 17.5. The van der Waals surface area contributed by atoms with Crippen LogP contribution < -0.4 is 24.8 Å². The van der Waals surface area contributed by atoms with Crippen LogP contribution in [-0.2, 0) is 26.2 Å². The van der Waals surface area contributed by atoms with Gasteiger partial charge in [-0.25, -0.2) is 5.57 Å². The molecule has 0 amide bonds. The summed E-state index contributed by atoms with van der Waals surface area (Å²) in [6, 6.07) is 0. The van der Waals surface area contributed by atoms with Crippen LogP contribution in [0.5, 0.6) is 0 Å². The predicted octanol–water partition coefficient (Wildman–Crippen LogP) is -0.384. The molecule has 0 aliphatic heterocycles. The summed E-state index contributed by atoms with van der Waals surface area (Å²) in [5.41, 5.74) is 5.71. The Morgan fingerprint density at radius 1 is 1.19 bits per heavy atom. The number of halogens is 2. The summed E-state index contributed by atoms with van der Waals surface area (Å²) in [4.78, 5) is 0. The van der Waals surface area contributed by atoms with Crippen molar-refractivity contribution in [3.63, 3.8) is 0 Å². The molecule has 0 aromatic rings. The summed E-state index contributed by atoms with van der Waals surface area (Å²) in [5.74, 6) is 0.560. The molecule has 0 heterocycles. The number of rotatable bonds is 0. The van der Waals surface area contributed by atoms with E-state index in [1.807, 2.05) is 0 Å². The molecule has 0 bridgehead atoms. The van der Waals surface area contributed by atoms with Crippen molar-refractivity contribution in [2.24, 2.45) is 5.92 Å². The summed E-state index contributed by atoms with van der Waals surface area (Å²) in [5, 5.41) is 0. The van der Waals surface area contributed by atoms with Gasteiger partial charge in [0.05, 0.1) is 0 Å². The van der Waals surface area contributed by atoms with E-state index in [-0.39, 0.29) is 51.0 Å². The van der Waals surface area contributed by atoms with Gasteiger partial charge >= 0.3 is 26.2 Å². The SMILES string of the molecule is C=[C-]C.CC1=CC=CC1.CC1=[C-]C(C)C(C)=C1C.[Cl-].[Cl-].[Zr+2]. The molecule has 1 unspecified atom stereocenters. The number of hydrogen-bond acceptors (Lipinski definition) is 0. The molecule has 21 heavy (non-hydrogen) atoms. The van der Waals surface area contributed by atoms with E-state index in [0.29, 0.717) is 5.92 Å². The van der Waals surface area contributed by atoms with Gasteiger partial charge in [-0.3, -0.25) is 12.7 Å². The van der Waals surface area contributed by atoms with Crippen molar-refractivity contribution < 1.29 is 51.0 Å². The van der Waals surface area contributed by atoms with Crippen LogP contribution in [0.15, 0.2) is 47.1 Å². The first-order valence-corrected chi connectivity index (χ1v) is 6.48. The fourth-order valence-electron chi connectivity index (χ4n) is 1.72. The van der Waals surface area contributed by atoms with Crippen LogP contribution in [0.25, 0.3) is 0 Å². The minimum absolute atomic E-state index is 0. The fraction of sp³-hybridized carbons (Fsp3) is 0.444. The average molecular weight is 405 g/mol. The maximum atomic E-state index is 3.36. The van der Waals surface area contributed by atoms with Gasteiger partial charge in [-0.1, -0.05) is 50.5 Å². The van der Waals surface area contributed by atoms with Crippen molar-refractivity contribution >= 4 is 0 Å². The van der Waals surface area contributed by atoms with Crippen LogP contribution >= 0.6 is 0 Å². The van der Waals surface area contributed by atoms with Gasteiger partial charge in [0, 0.05) is 0 Å². The second-order valence-corrected chi connectivity index (χ2v) is 4.80. The van der Waals surface area contributed by atoms with Crippen molar-refractivity contribution in [1.29, 1.82) is 0 Å². The van der Waals surface area contributed by atoms with E-state index in [0.717, 1.165) is 0 Å². The smallest absolute Gasteiger partial charge is 1.00 e. The summed E-state index contributed by atoms with van der Waals surface area (Å²) in [6.45, 7) is 15.8. The maximum absolute atomic E-state index is 3.36. The van der Waals surface area contributed by atoms with Crippen molar-refractivity contribution in [2.75, 3.05) is 0 Å². The molecular weight excluding hydrogens is 378 g/mol. The average Bonchev–Trinajstić information content (AvgIpc) is 2.86. The second kappa shape index (κ2) is 16.5. The molecule has 2 rings (SSSR count). The Morgan fingerprint density at radius 3 is 1.76 bits per heavy atom. The van der Waals surface area contributed by atoms with Gasteiger partial charge in [0.1, 0.15) is 0 Å². The fourth-order valence-corrected chi connectivity index (χ4v) is 1.72. The van der Waals surface area contributed by atoms with Crippen molar-refractivity contribution in [1.82, 2.24) is 0 Å². The monoisotopic (exact) mass is 402 g/mol. The largest absolute Gasteiger partial charge is 2.00 e. The predicted molar refractivity (Wildman–Crippen MR) is 82.0 cm³/mol. The topological polar surface area (TPSA) is 0 Å². The molecule has 118 valence electrons. The first-order valence-electron chi connectivity index (χ1n) is 6.48. The van der Waals surface area contributed by atoms with Gasteiger partial charge in [0.2, 0.25) is 0 Å². The molecule has 0 aromatic carbocycles. The molecule has 1 atom stereocenters. The van der Waals surface area contributed by atoms with E-state index in [4.69, 9.17) is 0 Å². The molecule has 3 heteroatoms. The molecule has 0 radical (unpaired) electrons. The molecule has 0 N–H and O–H groups in total. The standard InChI is InChI=1S/C9H13.C6H8.C3H5.2ClH.Zr/c1-6-5-7(2)9(4)8(6)3;1-6-4-2-3-5-6;1-3-2;;;/h6H,1-4H3;2-4H,5H2,1H3;1H2,2H3;2*1H;/q-1;;-1;;;+2/p-2. The van der Waals surface area contributed by atoms with Crippen LogP contribution in [0.2, 0.25) is 0 Å². The quantitative estimate of drug-likeness (QED) is 0.483. The first-order chi connectivity index (χ1) is 8.43. The number of hydrogen-bond donors (Lipinski definition) is 0. The Morgan fingerprint density at radius 2 is 1.67 bits per heavy atom. The molecule has 0 saturated heterocycles. The maximum Gasteiger partial charge on any atom is 2.00 e. The summed E-state index contributed by atoms with van der Waals surface area (Å²) in [7, 11) is 0. The van der Waals surface area contributed by atoms with Crippen LogP contribution in [-0.4, -0.2) is 0 Å². The van der Waals surface area contributed by atoms with E-state index >= 15 is 0 Å². The van der Waals surface area contributed by atoms with E-state index in [9.17, 15) is 0 Å². The minimum atomic E-state index is 0. The third-order valence-electron chi connectivity index (χ3n) is 3.19. The van der Waals surface area contributed by atoms with Crippen LogP contribution in [0.1, 0.15) is 48.0 Å². The molecule has 0 nitrogen and oxygen atoms in total. The van der Waals surface area contributed by atoms with Gasteiger partial charge in [0.25, 0.3) is 0 Å². The van der Waals surface area contributed by atoms with Crippen LogP contribution in [0, 0.1) is 18.1 Å². The summed E-state index contributed by atoms with van der Waals surface area (Å²) >= 11 is 0. The van der Waals surface area contributed by atoms with E-state index in [1.54, 1.807) is 6.92 Å².